The second-order valence-electron chi connectivity index (χ2n) is 7.13. The number of thioether (sulfide) groups is 1. The zero-order valence-corrected chi connectivity index (χ0v) is 20.2. The van der Waals surface area contributed by atoms with Gasteiger partial charge in [-0.05, 0) is 49.9 Å². The van der Waals surface area contributed by atoms with Crippen molar-refractivity contribution >= 4 is 38.3 Å². The molecule has 0 N–H and O–H groups in total. The Balaban J connectivity index is 2.14. The fraction of sp³-hybridized carbons (Fsp3) is 0.476. The fourth-order valence-electron chi connectivity index (χ4n) is 3.46. The molecule has 32 heavy (non-hydrogen) atoms. The van der Waals surface area contributed by atoms with Gasteiger partial charge in [0.05, 0.1) is 35.2 Å². The van der Waals surface area contributed by atoms with Gasteiger partial charge in [-0.3, -0.25) is 4.79 Å². The summed E-state index contributed by atoms with van der Waals surface area (Å²) in [7, 11) is 0.514. The number of methoxy groups -OCH3 is 1. The molecule has 0 atom stereocenters. The summed E-state index contributed by atoms with van der Waals surface area (Å²) >= 11 is 0.883. The summed E-state index contributed by atoms with van der Waals surface area (Å²) in [6.45, 7) is 2.20. The van der Waals surface area contributed by atoms with Gasteiger partial charge >= 0.3 is 5.30 Å². The third-order valence-electron chi connectivity index (χ3n) is 5.00. The summed E-state index contributed by atoms with van der Waals surface area (Å²) in [5.41, 5.74) is 0.548. The maximum absolute atomic E-state index is 13.4. The Morgan fingerprint density at radius 1 is 1.22 bits per heavy atom. The first-order valence-corrected chi connectivity index (χ1v) is 13.3. The van der Waals surface area contributed by atoms with Crippen molar-refractivity contribution in [1.29, 1.82) is 0 Å². The highest BCUT2D eigenvalue weighted by Crippen LogP contribution is 2.43. The third kappa shape index (κ3) is 5.09. The lowest BCUT2D eigenvalue weighted by atomic mass is 10.0. The van der Waals surface area contributed by atoms with Crippen LogP contribution in [0.3, 0.4) is 0 Å². The molecule has 2 aromatic rings. The first kappa shape index (κ1) is 24.1. The van der Waals surface area contributed by atoms with Gasteiger partial charge in [-0.25, -0.2) is 13.7 Å². The van der Waals surface area contributed by atoms with Crippen LogP contribution >= 0.6 is 11.8 Å². The average molecular weight is 482 g/mol. The first-order valence-electron chi connectivity index (χ1n) is 10.2. The summed E-state index contributed by atoms with van der Waals surface area (Å²) in [6, 6.07) is 3.18. The summed E-state index contributed by atoms with van der Waals surface area (Å²) in [5, 5.41) is 3.49. The van der Waals surface area contributed by atoms with Gasteiger partial charge in [-0.15, -0.1) is 0 Å². The largest absolute Gasteiger partial charge is 0.494 e. The van der Waals surface area contributed by atoms with Gasteiger partial charge in [0.25, 0.3) is 0 Å². The predicted molar refractivity (Wildman–Crippen MR) is 124 cm³/mol. The van der Waals surface area contributed by atoms with E-state index >= 15 is 0 Å². The van der Waals surface area contributed by atoms with E-state index in [9.17, 15) is 13.8 Å². The number of hydrogen-bond acceptors (Lipinski definition) is 9. The SMILES string of the molecule is CCOc1ccc(C(=O)c2cnn(C)c2OC(=O)SC)c(OC)c1N=S1(=O)CCCCC1. The normalized spacial score (nSPS) is 15.1. The van der Waals surface area contributed by atoms with Crippen molar-refractivity contribution in [2.24, 2.45) is 11.4 Å². The molecule has 0 bridgehead atoms. The standard InChI is InChI=1S/C21H27N3O6S2/c1-5-29-16-10-9-14(18(25)15-13-22-24(2)20(15)30-21(26)31-4)19(28-3)17(16)23-32(27)11-7-6-8-12-32/h9-10,13H,5-8,11-12H2,1-4H3. The smallest absolute Gasteiger partial charge is 0.373 e. The Labute approximate surface area is 192 Å². The molecule has 1 aromatic carbocycles. The van der Waals surface area contributed by atoms with Crippen molar-refractivity contribution < 1.29 is 28.0 Å². The van der Waals surface area contributed by atoms with Gasteiger partial charge in [-0.1, -0.05) is 6.42 Å². The maximum Gasteiger partial charge on any atom is 0.373 e. The van der Waals surface area contributed by atoms with Gasteiger partial charge in [0.1, 0.15) is 11.3 Å². The molecule has 0 unspecified atom stereocenters. The number of rotatable bonds is 7. The second kappa shape index (κ2) is 10.4. The van der Waals surface area contributed by atoms with Crippen LogP contribution in [0.4, 0.5) is 10.5 Å². The Morgan fingerprint density at radius 2 is 1.94 bits per heavy atom. The van der Waals surface area contributed by atoms with Gasteiger partial charge < -0.3 is 14.2 Å². The Kier molecular flexibility index (Phi) is 7.83. The van der Waals surface area contributed by atoms with Crippen molar-refractivity contribution in [3.05, 3.63) is 29.5 Å². The van der Waals surface area contributed by atoms with E-state index in [0.717, 1.165) is 31.0 Å². The van der Waals surface area contributed by atoms with Gasteiger partial charge in [0.15, 0.2) is 11.4 Å². The van der Waals surface area contributed by atoms with E-state index in [0.29, 0.717) is 23.9 Å². The van der Waals surface area contributed by atoms with Crippen molar-refractivity contribution in [2.45, 2.75) is 26.2 Å². The topological polar surface area (TPSA) is 109 Å². The Hall–Kier alpha value is -2.53. The summed E-state index contributed by atoms with van der Waals surface area (Å²) < 4.78 is 35.8. The number of carbonyl (C=O) groups is 2. The van der Waals surface area contributed by atoms with E-state index in [4.69, 9.17) is 14.2 Å². The third-order valence-corrected chi connectivity index (χ3v) is 7.79. The Morgan fingerprint density at radius 3 is 2.56 bits per heavy atom. The molecule has 0 spiro atoms. The molecule has 0 saturated carbocycles. The Bertz CT molecular complexity index is 1120. The number of ketones is 1. The first-order chi connectivity index (χ1) is 15.3. The van der Waals surface area contributed by atoms with E-state index < -0.39 is 20.8 Å². The number of nitrogens with zero attached hydrogens (tertiary/aromatic N) is 3. The van der Waals surface area contributed by atoms with Crippen LogP contribution in [0, 0.1) is 0 Å². The van der Waals surface area contributed by atoms with Crippen molar-refractivity contribution in [3.63, 3.8) is 0 Å². The van der Waals surface area contributed by atoms with Crippen LogP contribution in [0.2, 0.25) is 0 Å². The minimum atomic E-state index is -2.48. The van der Waals surface area contributed by atoms with Crippen LogP contribution in [-0.4, -0.2) is 56.6 Å². The number of ether oxygens (including phenoxy) is 3. The van der Waals surface area contributed by atoms with Gasteiger partial charge in [0, 0.05) is 18.6 Å². The fourth-order valence-corrected chi connectivity index (χ4v) is 5.82. The molecule has 0 radical (unpaired) electrons. The average Bonchev–Trinajstić information content (AvgIpc) is 3.14. The van der Waals surface area contributed by atoms with E-state index in [1.54, 1.807) is 25.4 Å². The van der Waals surface area contributed by atoms with E-state index in [1.807, 2.05) is 6.92 Å². The van der Waals surface area contributed by atoms with Crippen molar-refractivity contribution in [3.8, 4) is 17.4 Å². The molecule has 0 aliphatic carbocycles. The number of carbonyl (C=O) groups excluding carboxylic acids is 2. The number of aryl methyl sites for hydroxylation is 1. The number of benzene rings is 1. The molecule has 1 aromatic heterocycles. The highest BCUT2D eigenvalue weighted by molar-refractivity contribution is 8.12. The molecular formula is C21H27N3O6S2. The molecule has 1 aliphatic heterocycles. The molecule has 1 fully saturated rings. The zero-order chi connectivity index (χ0) is 23.3. The number of aromatic nitrogens is 2. The molecule has 2 heterocycles. The van der Waals surface area contributed by atoms with Gasteiger partial charge in [-0.2, -0.15) is 9.46 Å². The lowest BCUT2D eigenvalue weighted by Crippen LogP contribution is -2.16. The second-order valence-corrected chi connectivity index (χ2v) is 10.4. The quantitative estimate of drug-likeness (QED) is 0.427. The lowest BCUT2D eigenvalue weighted by molar-refractivity contribution is 0.103. The summed E-state index contributed by atoms with van der Waals surface area (Å²) in [5.74, 6) is 1.13. The van der Waals surface area contributed by atoms with Crippen LogP contribution in [0.5, 0.6) is 17.4 Å². The minimum absolute atomic E-state index is 0.0296. The molecule has 11 heteroatoms. The van der Waals surface area contributed by atoms with E-state index in [-0.39, 0.29) is 28.4 Å². The number of hydrogen-bond donors (Lipinski definition) is 0. The van der Waals surface area contributed by atoms with E-state index in [2.05, 4.69) is 9.46 Å². The maximum atomic E-state index is 13.4. The molecule has 9 nitrogen and oxygen atoms in total. The molecule has 0 amide bonds. The minimum Gasteiger partial charge on any atom is -0.494 e. The van der Waals surface area contributed by atoms with Gasteiger partial charge in [0.2, 0.25) is 11.7 Å². The van der Waals surface area contributed by atoms with Crippen molar-refractivity contribution in [2.75, 3.05) is 31.5 Å². The molecule has 1 aliphatic rings. The zero-order valence-electron chi connectivity index (χ0n) is 18.6. The molecular weight excluding hydrogens is 454 g/mol. The highest BCUT2D eigenvalue weighted by atomic mass is 32.2. The van der Waals surface area contributed by atoms with Crippen LogP contribution in [0.1, 0.15) is 42.1 Å². The van der Waals surface area contributed by atoms with Crippen molar-refractivity contribution in [1.82, 2.24) is 9.78 Å². The highest BCUT2D eigenvalue weighted by Gasteiger charge is 2.27. The van der Waals surface area contributed by atoms with E-state index in [1.165, 1.54) is 18.0 Å². The predicted octanol–water partition coefficient (Wildman–Crippen LogP) is 4.20. The van der Waals surface area contributed by atoms with Crippen LogP contribution < -0.4 is 14.2 Å². The van der Waals surface area contributed by atoms with Crippen LogP contribution in [0.25, 0.3) is 0 Å². The molecule has 174 valence electrons. The van der Waals surface area contributed by atoms with Crippen LogP contribution in [0.15, 0.2) is 22.7 Å². The molecule has 3 rings (SSSR count). The summed E-state index contributed by atoms with van der Waals surface area (Å²) in [6.07, 6.45) is 5.62. The lowest BCUT2D eigenvalue weighted by Gasteiger charge is -2.19. The van der Waals surface area contributed by atoms with Crippen LogP contribution in [-0.2, 0) is 16.8 Å². The monoisotopic (exact) mass is 481 g/mol. The molecule has 1 saturated heterocycles. The summed E-state index contributed by atoms with van der Waals surface area (Å²) in [4.78, 5) is 25.2.